The van der Waals surface area contributed by atoms with Crippen molar-refractivity contribution in [1.82, 2.24) is 0 Å². The van der Waals surface area contributed by atoms with Gasteiger partial charge in [-0.15, -0.1) is 12.6 Å². The summed E-state index contributed by atoms with van der Waals surface area (Å²) >= 11 is 7.65. The van der Waals surface area contributed by atoms with E-state index >= 15 is 0 Å². The summed E-state index contributed by atoms with van der Waals surface area (Å²) in [4.78, 5) is 0. The van der Waals surface area contributed by atoms with Gasteiger partial charge in [0.1, 0.15) is 4.32 Å². The van der Waals surface area contributed by atoms with Crippen molar-refractivity contribution in [3.05, 3.63) is 71.8 Å². The molecule has 0 aliphatic heterocycles. The molecular formula is C31H49NS2Zn. The van der Waals surface area contributed by atoms with E-state index in [4.69, 9.17) is 5.73 Å². The van der Waals surface area contributed by atoms with Crippen LogP contribution in [0.4, 0.5) is 0 Å². The minimum atomic E-state index is 0. The maximum atomic E-state index is 4.71. The topological polar surface area (TPSA) is 26.0 Å². The van der Waals surface area contributed by atoms with Crippen molar-refractivity contribution in [2.75, 3.05) is 0 Å². The van der Waals surface area contributed by atoms with Gasteiger partial charge in [0.2, 0.25) is 0 Å². The molecule has 2 N–H and O–H groups in total. The third-order valence-electron chi connectivity index (χ3n) is 5.71. The molecule has 0 aliphatic carbocycles. The molecule has 2 aromatic rings. The number of hydrogen-bond donors (Lipinski definition) is 2. The van der Waals surface area contributed by atoms with Crippen LogP contribution in [0, 0.1) is 12.1 Å². The SMILES string of the molecule is CCCCCCCCCc1cc[c-]cc1.CCCCCCCCCc1cc[c-]cc1.NC(=S)S.[Zn+2]. The molecule has 35 heavy (non-hydrogen) atoms. The van der Waals surface area contributed by atoms with Crippen LogP contribution in [0.3, 0.4) is 0 Å². The van der Waals surface area contributed by atoms with Gasteiger partial charge in [-0.05, 0) is 0 Å². The second-order valence-corrected chi connectivity index (χ2v) is 10.1. The molecule has 0 unspecified atom stereocenters. The van der Waals surface area contributed by atoms with Crippen molar-refractivity contribution >= 4 is 29.2 Å². The zero-order valence-corrected chi connectivity index (χ0v) is 27.3. The minimum absolute atomic E-state index is 0. The maximum Gasteiger partial charge on any atom is 2.00 e. The molecule has 4 heteroatoms. The molecule has 0 spiro atoms. The monoisotopic (exact) mass is 563 g/mol. The van der Waals surface area contributed by atoms with Crippen LogP contribution in [0.1, 0.15) is 115 Å². The number of benzene rings is 2. The molecule has 2 aromatic carbocycles. The van der Waals surface area contributed by atoms with Crippen LogP contribution in [-0.2, 0) is 32.3 Å². The molecule has 0 fully saturated rings. The van der Waals surface area contributed by atoms with Gasteiger partial charge in [0, 0.05) is 0 Å². The summed E-state index contributed by atoms with van der Waals surface area (Å²) in [6.07, 6.45) is 22.0. The molecule has 0 bridgehead atoms. The van der Waals surface area contributed by atoms with Gasteiger partial charge in [-0.3, -0.25) is 0 Å². The number of rotatable bonds is 16. The number of hydrogen-bond acceptors (Lipinski definition) is 1. The Bertz CT molecular complexity index is 607. The molecule has 0 radical (unpaired) electrons. The van der Waals surface area contributed by atoms with Gasteiger partial charge in [-0.2, -0.15) is 71.8 Å². The third-order valence-corrected chi connectivity index (χ3v) is 5.71. The van der Waals surface area contributed by atoms with Crippen LogP contribution in [-0.4, -0.2) is 4.32 Å². The predicted octanol–water partition coefficient (Wildman–Crippen LogP) is 9.72. The van der Waals surface area contributed by atoms with Crippen molar-refractivity contribution in [3.8, 4) is 0 Å². The van der Waals surface area contributed by atoms with Gasteiger partial charge in [-0.1, -0.05) is 129 Å². The Hall–Kier alpha value is -0.697. The number of nitrogens with two attached hydrogens (primary N) is 1. The molecule has 1 nitrogen and oxygen atoms in total. The van der Waals surface area contributed by atoms with Gasteiger partial charge in [-0.25, -0.2) is 0 Å². The molecule has 0 saturated carbocycles. The molecule has 0 atom stereocenters. The quantitative estimate of drug-likeness (QED) is 0.0697. The van der Waals surface area contributed by atoms with E-state index in [0.717, 1.165) is 0 Å². The fourth-order valence-corrected chi connectivity index (χ4v) is 3.75. The first-order valence-corrected chi connectivity index (χ1v) is 14.3. The Kier molecular flexibility index (Phi) is 30.8. The van der Waals surface area contributed by atoms with Crippen LogP contribution in [0.5, 0.6) is 0 Å². The van der Waals surface area contributed by atoms with Crippen LogP contribution in [0.2, 0.25) is 0 Å². The molecule has 0 amide bonds. The fraction of sp³-hybridized carbons (Fsp3) is 0.581. The van der Waals surface area contributed by atoms with Crippen LogP contribution in [0.25, 0.3) is 0 Å². The average molecular weight is 565 g/mol. The summed E-state index contributed by atoms with van der Waals surface area (Å²) in [5.41, 5.74) is 7.63. The standard InChI is InChI=1S/2C15H23.CH3NS2.Zn/c2*1-2-3-4-5-6-7-9-12-15-13-10-8-11-14-15;2-1(3)4;/h2*10-11,13-14H,2-7,9,12H2,1H3;(H3,2,3,4);/q2*-1;;+2. The van der Waals surface area contributed by atoms with E-state index in [2.05, 4.69) is 75.1 Å². The van der Waals surface area contributed by atoms with E-state index in [0.29, 0.717) is 0 Å². The largest absolute Gasteiger partial charge is 2.00 e. The first-order chi connectivity index (χ1) is 16.6. The number of thiocarbonyl (C=S) groups is 1. The van der Waals surface area contributed by atoms with Gasteiger partial charge < -0.3 is 5.73 Å². The van der Waals surface area contributed by atoms with E-state index < -0.39 is 0 Å². The van der Waals surface area contributed by atoms with Gasteiger partial charge in [0.25, 0.3) is 0 Å². The van der Waals surface area contributed by atoms with E-state index in [-0.39, 0.29) is 23.8 Å². The Morgan fingerprint density at radius 2 is 0.886 bits per heavy atom. The molecule has 2 rings (SSSR count). The van der Waals surface area contributed by atoms with Crippen LogP contribution >= 0.6 is 24.8 Å². The van der Waals surface area contributed by atoms with E-state index in [1.807, 2.05) is 24.3 Å². The zero-order chi connectivity index (χ0) is 25.1. The van der Waals surface area contributed by atoms with E-state index in [1.54, 1.807) is 0 Å². The van der Waals surface area contributed by atoms with E-state index in [9.17, 15) is 0 Å². The number of aryl methyl sites for hydroxylation is 2. The molecule has 192 valence electrons. The zero-order valence-electron chi connectivity index (χ0n) is 22.6. The van der Waals surface area contributed by atoms with Gasteiger partial charge in [0.15, 0.2) is 0 Å². The normalized spacial score (nSPS) is 9.69. The van der Waals surface area contributed by atoms with E-state index in [1.165, 1.54) is 114 Å². The Labute approximate surface area is 241 Å². The number of unbranched alkanes of at least 4 members (excludes halogenated alkanes) is 12. The first-order valence-electron chi connectivity index (χ1n) is 13.5. The van der Waals surface area contributed by atoms with Crippen molar-refractivity contribution in [2.24, 2.45) is 5.73 Å². The molecule has 0 heterocycles. The molecule has 0 aromatic heterocycles. The van der Waals surface area contributed by atoms with Crippen LogP contribution < -0.4 is 5.73 Å². The average Bonchev–Trinajstić information content (AvgIpc) is 2.84. The summed E-state index contributed by atoms with van der Waals surface area (Å²) in [7, 11) is 0. The summed E-state index contributed by atoms with van der Waals surface area (Å²) in [6.45, 7) is 4.54. The summed E-state index contributed by atoms with van der Waals surface area (Å²) < 4.78 is 0.194. The molecule has 0 aliphatic rings. The Morgan fingerprint density at radius 1 is 0.629 bits per heavy atom. The number of thiol groups is 1. The minimum Gasteiger partial charge on any atom is -0.385 e. The van der Waals surface area contributed by atoms with Crippen molar-refractivity contribution in [3.63, 3.8) is 0 Å². The van der Waals surface area contributed by atoms with Crippen molar-refractivity contribution in [2.45, 2.75) is 117 Å². The Morgan fingerprint density at radius 3 is 1.17 bits per heavy atom. The van der Waals surface area contributed by atoms with Crippen molar-refractivity contribution in [1.29, 1.82) is 0 Å². The van der Waals surface area contributed by atoms with Crippen LogP contribution in [0.15, 0.2) is 48.5 Å². The summed E-state index contributed by atoms with van der Waals surface area (Å²) in [5, 5.41) is 0. The fourth-order valence-electron chi connectivity index (χ4n) is 3.75. The van der Waals surface area contributed by atoms with Gasteiger partial charge in [0.05, 0.1) is 0 Å². The van der Waals surface area contributed by atoms with Gasteiger partial charge >= 0.3 is 19.5 Å². The molecule has 0 saturated heterocycles. The second kappa shape index (κ2) is 29.5. The first kappa shape index (κ1) is 36.5. The summed E-state index contributed by atoms with van der Waals surface area (Å²) in [5.74, 6) is 0. The summed E-state index contributed by atoms with van der Waals surface area (Å²) in [6, 6.07) is 22.9. The Balaban J connectivity index is 0. The van der Waals surface area contributed by atoms with Crippen molar-refractivity contribution < 1.29 is 19.5 Å². The predicted molar refractivity (Wildman–Crippen MR) is 160 cm³/mol. The third kappa shape index (κ3) is 29.4. The molecular weight excluding hydrogens is 516 g/mol. The smallest absolute Gasteiger partial charge is 0.385 e. The second-order valence-electron chi connectivity index (χ2n) is 8.90. The maximum absolute atomic E-state index is 4.71.